The second-order valence-electron chi connectivity index (χ2n) is 6.50. The first-order valence-electron chi connectivity index (χ1n) is 8.48. The summed E-state index contributed by atoms with van der Waals surface area (Å²) in [5.41, 5.74) is 5.32. The lowest BCUT2D eigenvalue weighted by Crippen LogP contribution is -2.05. The van der Waals surface area contributed by atoms with Crippen molar-refractivity contribution < 1.29 is 0 Å². The maximum Gasteiger partial charge on any atom is 0.0406 e. The number of rotatable bonds is 3. The molecule has 0 spiro atoms. The fraction of sp³-hybridized carbons (Fsp3) is 0.130. The van der Waals surface area contributed by atoms with Crippen LogP contribution in [0.5, 0.6) is 0 Å². The molecule has 0 unspecified atom stereocenters. The summed E-state index contributed by atoms with van der Waals surface area (Å²) in [6, 6.07) is 27.2. The maximum atomic E-state index is 6.09. The molecule has 0 heterocycles. The molecule has 0 saturated heterocycles. The fourth-order valence-corrected chi connectivity index (χ4v) is 3.93. The van der Waals surface area contributed by atoms with Crippen LogP contribution >= 0.6 is 23.2 Å². The first-order chi connectivity index (χ1) is 12.2. The van der Waals surface area contributed by atoms with Gasteiger partial charge in [-0.05, 0) is 58.9 Å². The molecule has 0 fully saturated rings. The molecule has 1 aliphatic rings. The monoisotopic (exact) mass is 364 g/mol. The van der Waals surface area contributed by atoms with Crippen LogP contribution in [0.3, 0.4) is 0 Å². The third-order valence-corrected chi connectivity index (χ3v) is 5.46. The van der Waals surface area contributed by atoms with Gasteiger partial charge in [0.05, 0.1) is 0 Å². The SMILES string of the molecule is Clc1ccc(C2=C[C@H](c3ccccc3)[C@H](c3ccc(Cl)cc3)C2)cc1. The predicted molar refractivity (Wildman–Crippen MR) is 107 cm³/mol. The van der Waals surface area contributed by atoms with Crippen molar-refractivity contribution in [1.29, 1.82) is 0 Å². The Kier molecular flexibility index (Phi) is 4.65. The van der Waals surface area contributed by atoms with E-state index in [4.69, 9.17) is 23.2 Å². The van der Waals surface area contributed by atoms with E-state index in [1.54, 1.807) is 0 Å². The minimum atomic E-state index is 0.369. The summed E-state index contributed by atoms with van der Waals surface area (Å²) in [5, 5.41) is 1.56. The highest BCUT2D eigenvalue weighted by molar-refractivity contribution is 6.30. The second-order valence-corrected chi connectivity index (χ2v) is 7.37. The molecule has 0 aromatic heterocycles. The van der Waals surface area contributed by atoms with Crippen molar-refractivity contribution >= 4 is 28.8 Å². The minimum absolute atomic E-state index is 0.369. The molecule has 0 nitrogen and oxygen atoms in total. The number of benzene rings is 3. The van der Waals surface area contributed by atoms with Gasteiger partial charge in [0.2, 0.25) is 0 Å². The first kappa shape index (κ1) is 16.4. The zero-order valence-electron chi connectivity index (χ0n) is 13.7. The van der Waals surface area contributed by atoms with Crippen LogP contribution in [0.4, 0.5) is 0 Å². The van der Waals surface area contributed by atoms with Gasteiger partial charge in [0.25, 0.3) is 0 Å². The van der Waals surface area contributed by atoms with E-state index >= 15 is 0 Å². The van der Waals surface area contributed by atoms with Crippen LogP contribution in [-0.4, -0.2) is 0 Å². The van der Waals surface area contributed by atoms with Gasteiger partial charge in [-0.3, -0.25) is 0 Å². The van der Waals surface area contributed by atoms with Gasteiger partial charge >= 0.3 is 0 Å². The van der Waals surface area contributed by atoms with Gasteiger partial charge in [0.15, 0.2) is 0 Å². The highest BCUT2D eigenvalue weighted by atomic mass is 35.5. The van der Waals surface area contributed by atoms with Crippen LogP contribution in [-0.2, 0) is 0 Å². The number of allylic oxidation sites excluding steroid dienone is 2. The van der Waals surface area contributed by atoms with E-state index in [1.165, 1.54) is 22.3 Å². The molecular formula is C23H18Cl2. The molecule has 25 heavy (non-hydrogen) atoms. The smallest absolute Gasteiger partial charge is 0.0406 e. The summed E-state index contributed by atoms with van der Waals surface area (Å²) in [5.74, 6) is 0.790. The van der Waals surface area contributed by atoms with Crippen molar-refractivity contribution in [2.24, 2.45) is 0 Å². The van der Waals surface area contributed by atoms with E-state index < -0.39 is 0 Å². The molecule has 3 aromatic rings. The molecule has 2 heteroatoms. The highest BCUT2D eigenvalue weighted by Crippen LogP contribution is 2.47. The Labute approximate surface area is 158 Å². The Morgan fingerprint density at radius 3 is 1.88 bits per heavy atom. The van der Waals surface area contributed by atoms with Crippen LogP contribution < -0.4 is 0 Å². The van der Waals surface area contributed by atoms with Crippen LogP contribution in [0.25, 0.3) is 5.57 Å². The largest absolute Gasteiger partial charge is 0.0843 e. The predicted octanol–water partition coefficient (Wildman–Crippen LogP) is 7.35. The highest BCUT2D eigenvalue weighted by Gasteiger charge is 2.30. The van der Waals surface area contributed by atoms with Gasteiger partial charge in [-0.1, -0.05) is 83.9 Å². The zero-order chi connectivity index (χ0) is 17.2. The Bertz CT molecular complexity index is 878. The third-order valence-electron chi connectivity index (χ3n) is 4.95. The van der Waals surface area contributed by atoms with Crippen molar-refractivity contribution in [3.8, 4) is 0 Å². The van der Waals surface area contributed by atoms with Gasteiger partial charge in [0, 0.05) is 16.0 Å². The van der Waals surface area contributed by atoms with Gasteiger partial charge < -0.3 is 0 Å². The summed E-state index contributed by atoms with van der Waals surface area (Å²) in [6.07, 6.45) is 3.43. The Balaban J connectivity index is 1.73. The molecule has 0 bridgehead atoms. The van der Waals surface area contributed by atoms with Gasteiger partial charge in [-0.15, -0.1) is 0 Å². The lowest BCUT2D eigenvalue weighted by Gasteiger charge is -2.20. The topological polar surface area (TPSA) is 0 Å². The van der Waals surface area contributed by atoms with Crippen molar-refractivity contribution in [2.75, 3.05) is 0 Å². The summed E-state index contributed by atoms with van der Waals surface area (Å²) in [7, 11) is 0. The zero-order valence-corrected chi connectivity index (χ0v) is 15.2. The maximum absolute atomic E-state index is 6.09. The van der Waals surface area contributed by atoms with Crippen molar-refractivity contribution in [3.63, 3.8) is 0 Å². The van der Waals surface area contributed by atoms with E-state index in [2.05, 4.69) is 60.7 Å². The van der Waals surface area contributed by atoms with E-state index in [9.17, 15) is 0 Å². The van der Waals surface area contributed by atoms with Crippen LogP contribution in [0.1, 0.15) is 34.9 Å². The summed E-state index contributed by atoms with van der Waals surface area (Å²) in [4.78, 5) is 0. The summed E-state index contributed by atoms with van der Waals surface area (Å²) in [6.45, 7) is 0. The van der Waals surface area contributed by atoms with Crippen molar-refractivity contribution in [2.45, 2.75) is 18.3 Å². The second kappa shape index (κ2) is 7.07. The van der Waals surface area contributed by atoms with Gasteiger partial charge in [-0.25, -0.2) is 0 Å². The van der Waals surface area contributed by atoms with Crippen molar-refractivity contribution in [3.05, 3.63) is 112 Å². The van der Waals surface area contributed by atoms with Crippen LogP contribution in [0.2, 0.25) is 10.0 Å². The van der Waals surface area contributed by atoms with Crippen molar-refractivity contribution in [1.82, 2.24) is 0 Å². The molecule has 0 N–H and O–H groups in total. The summed E-state index contributed by atoms with van der Waals surface area (Å²) < 4.78 is 0. The Morgan fingerprint density at radius 2 is 1.24 bits per heavy atom. The van der Waals surface area contributed by atoms with E-state index in [0.717, 1.165) is 16.5 Å². The molecule has 3 aromatic carbocycles. The standard InChI is InChI=1S/C23H18Cl2/c24-20-10-6-16(7-11-20)19-14-22(17-4-2-1-3-5-17)23(15-19)18-8-12-21(25)13-9-18/h1-14,22-23H,15H2/t22-,23+/m1/s1. The number of hydrogen-bond donors (Lipinski definition) is 0. The van der Waals surface area contributed by atoms with E-state index in [1.807, 2.05) is 24.3 Å². The fourth-order valence-electron chi connectivity index (χ4n) is 3.68. The molecule has 4 rings (SSSR count). The molecule has 0 aliphatic heterocycles. The molecular weight excluding hydrogens is 347 g/mol. The molecule has 0 amide bonds. The van der Waals surface area contributed by atoms with Gasteiger partial charge in [-0.2, -0.15) is 0 Å². The number of halogens is 2. The van der Waals surface area contributed by atoms with E-state index in [-0.39, 0.29) is 0 Å². The van der Waals surface area contributed by atoms with Crippen LogP contribution in [0, 0.1) is 0 Å². The Hall–Kier alpha value is -2.02. The molecule has 0 saturated carbocycles. The number of hydrogen-bond acceptors (Lipinski definition) is 0. The lowest BCUT2D eigenvalue weighted by atomic mass is 9.83. The molecule has 124 valence electrons. The molecule has 2 atom stereocenters. The third kappa shape index (κ3) is 3.51. The molecule has 0 radical (unpaired) electrons. The summed E-state index contributed by atoms with van der Waals surface area (Å²) >= 11 is 12.1. The average molecular weight is 365 g/mol. The van der Waals surface area contributed by atoms with Gasteiger partial charge in [0.1, 0.15) is 0 Å². The molecule has 1 aliphatic carbocycles. The first-order valence-corrected chi connectivity index (χ1v) is 9.23. The minimum Gasteiger partial charge on any atom is -0.0843 e. The van der Waals surface area contributed by atoms with Crippen LogP contribution in [0.15, 0.2) is 84.9 Å². The lowest BCUT2D eigenvalue weighted by molar-refractivity contribution is 0.668. The Morgan fingerprint density at radius 1 is 0.640 bits per heavy atom. The normalized spacial score (nSPS) is 19.7. The average Bonchev–Trinajstić information content (AvgIpc) is 3.09. The van der Waals surface area contributed by atoms with E-state index in [0.29, 0.717) is 11.8 Å². The quantitative estimate of drug-likeness (QED) is 0.455.